The maximum absolute atomic E-state index is 12.3. The van der Waals surface area contributed by atoms with Crippen molar-refractivity contribution >= 4 is 42.1 Å². The van der Waals surface area contributed by atoms with Crippen molar-refractivity contribution in [3.05, 3.63) is 0 Å². The normalized spacial score (nSPS) is 34.0. The minimum absolute atomic E-state index is 0.168. The van der Waals surface area contributed by atoms with E-state index < -0.39 is 110 Å². The van der Waals surface area contributed by atoms with Crippen LogP contribution in [0, 0.1) is 0 Å². The third-order valence-corrected chi connectivity index (χ3v) is 6.53. The zero-order chi connectivity index (χ0) is 33.5. The average Bonchev–Trinajstić information content (AvgIpc) is 3.19. The van der Waals surface area contributed by atoms with Crippen LogP contribution in [0.2, 0.25) is 0 Å². The molecule has 3 aliphatic rings. The minimum atomic E-state index is -2.37. The molecule has 0 bridgehead atoms. The van der Waals surface area contributed by atoms with E-state index >= 15 is 0 Å². The largest absolute Gasteiger partial charge is 0.463 e. The van der Waals surface area contributed by atoms with Gasteiger partial charge in [-0.05, 0) is 0 Å². The molecule has 0 spiro atoms. The van der Waals surface area contributed by atoms with Gasteiger partial charge in [0, 0.05) is 41.5 Å². The van der Waals surface area contributed by atoms with Gasteiger partial charge >= 0.3 is 35.8 Å². The van der Waals surface area contributed by atoms with E-state index in [1.165, 1.54) is 0 Å². The maximum atomic E-state index is 12.3. The smallest absolute Gasteiger partial charge is 0.303 e. The average molecular weight is 649 g/mol. The van der Waals surface area contributed by atoms with E-state index in [2.05, 4.69) is 0 Å². The van der Waals surface area contributed by atoms with Crippen LogP contribution in [0.4, 0.5) is 0 Å². The van der Waals surface area contributed by atoms with Crippen molar-refractivity contribution in [3.8, 4) is 0 Å². The molecule has 0 aliphatic carbocycles. The fourth-order valence-corrected chi connectivity index (χ4v) is 5.01. The van der Waals surface area contributed by atoms with Crippen molar-refractivity contribution in [2.45, 2.75) is 109 Å². The van der Waals surface area contributed by atoms with Crippen LogP contribution in [0.25, 0.3) is 0 Å². The molecule has 0 aromatic heterocycles. The Morgan fingerprint density at radius 1 is 0.733 bits per heavy atom. The van der Waals surface area contributed by atoms with Gasteiger partial charge in [0.25, 0.3) is 0 Å². The highest BCUT2D eigenvalue weighted by molar-refractivity contribution is 5.69. The molecule has 0 radical (unpaired) electrons. The molecule has 0 amide bonds. The third-order valence-electron chi connectivity index (χ3n) is 6.53. The monoisotopic (exact) mass is 648 g/mol. The molecule has 3 fully saturated rings. The fourth-order valence-electron chi connectivity index (χ4n) is 5.01. The Morgan fingerprint density at radius 3 is 1.87 bits per heavy atom. The molecule has 0 aromatic rings. The summed E-state index contributed by atoms with van der Waals surface area (Å²) >= 11 is 0. The third kappa shape index (κ3) is 9.40. The van der Waals surface area contributed by atoms with E-state index in [1.807, 2.05) is 0 Å². The lowest BCUT2D eigenvalue weighted by Gasteiger charge is -2.49. The van der Waals surface area contributed by atoms with Gasteiger partial charge in [0.05, 0.1) is 13.0 Å². The van der Waals surface area contributed by atoms with Crippen LogP contribution in [0.1, 0.15) is 48.0 Å². The van der Waals surface area contributed by atoms with Gasteiger partial charge in [0.2, 0.25) is 12.1 Å². The predicted octanol–water partition coefficient (Wildman–Crippen LogP) is -0.993. The zero-order valence-corrected chi connectivity index (χ0v) is 25.5. The van der Waals surface area contributed by atoms with Gasteiger partial charge in [-0.3, -0.25) is 28.8 Å². The predicted molar refractivity (Wildman–Crippen MR) is 138 cm³/mol. The lowest BCUT2D eigenvalue weighted by molar-refractivity contribution is -0.404. The van der Waals surface area contributed by atoms with E-state index in [0.29, 0.717) is 6.29 Å². The van der Waals surface area contributed by atoms with E-state index in [-0.39, 0.29) is 13.0 Å². The number of hydrogen-bond donors (Lipinski definition) is 0. The van der Waals surface area contributed by atoms with E-state index in [4.69, 9.17) is 52.1 Å². The van der Waals surface area contributed by atoms with Crippen molar-refractivity contribution < 1.29 is 85.7 Å². The van der Waals surface area contributed by atoms with Crippen molar-refractivity contribution in [1.29, 1.82) is 0 Å². The molecule has 3 rings (SSSR count). The number of carbonyl (C=O) groups excluding carboxylic acids is 7. The lowest BCUT2D eigenvalue weighted by atomic mass is 9.97. The Morgan fingerprint density at radius 2 is 1.31 bits per heavy atom. The number of aldehydes is 1. The first kappa shape index (κ1) is 35.8. The second-order valence-electron chi connectivity index (χ2n) is 10.2. The fraction of sp³-hybridized carbons (Fsp3) is 0.741. The van der Waals surface area contributed by atoms with Crippen LogP contribution < -0.4 is 0 Å². The number of hydrogen-bond acceptors (Lipinski definition) is 18. The van der Waals surface area contributed by atoms with Crippen LogP contribution >= 0.6 is 0 Å². The summed E-state index contributed by atoms with van der Waals surface area (Å²) < 4.78 is 61.8. The molecule has 3 heterocycles. The summed E-state index contributed by atoms with van der Waals surface area (Å²) in [6.07, 6.45) is -12.1. The molecule has 3 aliphatic heterocycles. The highest BCUT2D eigenvalue weighted by atomic mass is 16.8. The zero-order valence-electron chi connectivity index (χ0n) is 25.5. The first-order valence-corrected chi connectivity index (χ1v) is 13.8. The molecule has 10 atom stereocenters. The molecule has 3 saturated heterocycles. The van der Waals surface area contributed by atoms with Crippen LogP contribution in [-0.4, -0.2) is 123 Å². The van der Waals surface area contributed by atoms with Gasteiger partial charge in [-0.1, -0.05) is 0 Å². The molecular formula is C27H36O18. The molecule has 18 nitrogen and oxygen atoms in total. The molecule has 0 N–H and O–H groups in total. The van der Waals surface area contributed by atoms with Crippen LogP contribution in [0.3, 0.4) is 0 Å². The highest BCUT2D eigenvalue weighted by Crippen LogP contribution is 2.42. The van der Waals surface area contributed by atoms with Crippen molar-refractivity contribution in [2.75, 3.05) is 19.8 Å². The number of fused-ring (bicyclic) bond motifs is 1. The summed E-state index contributed by atoms with van der Waals surface area (Å²) in [4.78, 5) is 83.5. The molecule has 18 heteroatoms. The second kappa shape index (κ2) is 15.5. The molecule has 45 heavy (non-hydrogen) atoms. The summed E-state index contributed by atoms with van der Waals surface area (Å²) in [6.45, 7) is 4.87. The first-order chi connectivity index (χ1) is 21.1. The Hall–Kier alpha value is -3.71. The summed E-state index contributed by atoms with van der Waals surface area (Å²) in [6, 6.07) is 0. The Bertz CT molecular complexity index is 1140. The van der Waals surface area contributed by atoms with Gasteiger partial charge in [0.15, 0.2) is 30.7 Å². The molecule has 0 saturated carbocycles. The van der Waals surface area contributed by atoms with Crippen LogP contribution in [0.5, 0.6) is 0 Å². The van der Waals surface area contributed by atoms with Crippen molar-refractivity contribution in [2.24, 2.45) is 0 Å². The minimum Gasteiger partial charge on any atom is -0.463 e. The van der Waals surface area contributed by atoms with E-state index in [9.17, 15) is 33.6 Å². The quantitative estimate of drug-likeness (QED) is 0.141. The highest BCUT2D eigenvalue weighted by Gasteiger charge is 2.65. The number of ether oxygens (including phenoxy) is 11. The van der Waals surface area contributed by atoms with E-state index in [1.54, 1.807) is 0 Å². The van der Waals surface area contributed by atoms with Crippen molar-refractivity contribution in [1.82, 2.24) is 0 Å². The molecule has 1 unspecified atom stereocenters. The summed E-state index contributed by atoms with van der Waals surface area (Å²) in [5.74, 6) is -7.34. The SMILES string of the molecule is CC(=O)OC[C@H]1O[C@@](COC(C)=O)(O[C@H]2O[C@@H]3COC(CC=O)O[C@H]3[C@H](OC(C)=O)[C@H]2OC(C)=O)[C@@H](OC(C)=O)[C@@H]1OC(C)=O. The number of carbonyl (C=O) groups is 7. The van der Waals surface area contributed by atoms with Gasteiger partial charge in [-0.2, -0.15) is 0 Å². The molecular weight excluding hydrogens is 612 g/mol. The maximum Gasteiger partial charge on any atom is 0.303 e. The first-order valence-electron chi connectivity index (χ1n) is 13.8. The summed E-state index contributed by atoms with van der Waals surface area (Å²) in [5, 5.41) is 0. The van der Waals surface area contributed by atoms with Gasteiger partial charge in [-0.15, -0.1) is 0 Å². The van der Waals surface area contributed by atoms with Crippen molar-refractivity contribution in [3.63, 3.8) is 0 Å². The number of rotatable bonds is 12. The molecule has 0 aromatic carbocycles. The summed E-state index contributed by atoms with van der Waals surface area (Å²) in [5.41, 5.74) is 0. The Kier molecular flexibility index (Phi) is 12.3. The summed E-state index contributed by atoms with van der Waals surface area (Å²) in [7, 11) is 0. The van der Waals surface area contributed by atoms with Gasteiger partial charge < -0.3 is 56.9 Å². The Labute approximate surface area is 257 Å². The topological polar surface area (TPSA) is 221 Å². The lowest BCUT2D eigenvalue weighted by Crippen LogP contribution is -2.67. The molecule has 252 valence electrons. The van der Waals surface area contributed by atoms with E-state index in [0.717, 1.165) is 41.5 Å². The standard InChI is InChI=1S/C27H36O18/c1-12(29)35-10-19-22(38-14(3)31)25(41-17(6)34)27(44-19,11-37-13(2)30)45-26-24(40-16(5)33)23(39-15(4)32)21-18(42-26)9-36-20(43-21)7-8-28/h8,18-26H,7,9-11H2,1-6H3/t18-,19-,20?,21-,22-,23+,24-,25+,26-,27+/m1/s1. The van der Waals surface area contributed by atoms with Crippen LogP contribution in [0.15, 0.2) is 0 Å². The number of esters is 6. The van der Waals surface area contributed by atoms with Gasteiger partial charge in [-0.25, -0.2) is 0 Å². The van der Waals surface area contributed by atoms with Crippen LogP contribution in [-0.2, 0) is 85.7 Å². The van der Waals surface area contributed by atoms with Gasteiger partial charge in [0.1, 0.15) is 37.8 Å². The second-order valence-corrected chi connectivity index (χ2v) is 10.2. The Balaban J connectivity index is 2.11.